The smallest absolute Gasteiger partial charge is 0.261 e. The van der Waals surface area contributed by atoms with Gasteiger partial charge in [0.1, 0.15) is 0 Å². The van der Waals surface area contributed by atoms with Crippen LogP contribution in [0.15, 0.2) is 60.7 Å². The average Bonchev–Trinajstić information content (AvgIpc) is 2.72. The molecule has 1 aliphatic rings. The second-order valence-electron chi connectivity index (χ2n) is 9.41. The minimum absolute atomic E-state index is 0.00314. The van der Waals surface area contributed by atoms with Gasteiger partial charge in [0.05, 0.1) is 6.10 Å². The molecule has 2 N–H and O–H groups in total. The summed E-state index contributed by atoms with van der Waals surface area (Å²) in [4.78, 5) is 0. The molecule has 0 spiro atoms. The van der Waals surface area contributed by atoms with E-state index in [0.717, 1.165) is 25.7 Å². The first-order chi connectivity index (χ1) is 13.9. The third kappa shape index (κ3) is 4.83. The maximum absolute atomic E-state index is 9.16. The van der Waals surface area contributed by atoms with Crippen LogP contribution >= 0.6 is 0 Å². The summed E-state index contributed by atoms with van der Waals surface area (Å²) >= 11 is 0. The fourth-order valence-electron chi connectivity index (χ4n) is 4.82. The lowest BCUT2D eigenvalue weighted by atomic mass is 9.94. The second-order valence-corrected chi connectivity index (χ2v) is 13.7. The summed E-state index contributed by atoms with van der Waals surface area (Å²) in [5, 5.41) is 15.6. The molecule has 1 aliphatic heterocycles. The molecule has 0 saturated carbocycles. The van der Waals surface area contributed by atoms with E-state index in [0.29, 0.717) is 12.1 Å². The highest BCUT2D eigenvalue weighted by molar-refractivity contribution is 6.99. The summed E-state index contributed by atoms with van der Waals surface area (Å²) in [5.41, 5.74) is 0. The molecule has 158 valence electrons. The molecule has 0 bridgehead atoms. The fraction of sp³-hybridized carbons (Fsp3) is 0.520. The summed E-state index contributed by atoms with van der Waals surface area (Å²) in [7, 11) is -2.51. The van der Waals surface area contributed by atoms with Crippen LogP contribution in [0.1, 0.15) is 53.4 Å². The van der Waals surface area contributed by atoms with Crippen molar-refractivity contribution in [3.8, 4) is 0 Å². The Morgan fingerprint density at radius 2 is 1.52 bits per heavy atom. The van der Waals surface area contributed by atoms with Gasteiger partial charge in [-0.2, -0.15) is 0 Å². The van der Waals surface area contributed by atoms with E-state index < -0.39 is 8.32 Å². The van der Waals surface area contributed by atoms with Crippen LogP contribution in [0, 0.1) is 0 Å². The number of piperidine rings is 1. The Bertz CT molecular complexity index is 705. The molecule has 0 radical (unpaired) electrons. The number of hydrogen-bond donors (Lipinski definition) is 2. The number of benzene rings is 2. The van der Waals surface area contributed by atoms with Crippen LogP contribution in [0.4, 0.5) is 0 Å². The predicted molar refractivity (Wildman–Crippen MR) is 124 cm³/mol. The van der Waals surface area contributed by atoms with Crippen molar-refractivity contribution in [2.24, 2.45) is 0 Å². The summed E-state index contributed by atoms with van der Waals surface area (Å²) in [5.74, 6) is 0. The van der Waals surface area contributed by atoms with Crippen molar-refractivity contribution in [2.75, 3.05) is 6.61 Å². The van der Waals surface area contributed by atoms with E-state index in [9.17, 15) is 0 Å². The van der Waals surface area contributed by atoms with Crippen LogP contribution in [-0.4, -0.2) is 38.2 Å². The molecule has 2 aromatic rings. The van der Waals surface area contributed by atoms with Crippen LogP contribution in [-0.2, 0) is 4.43 Å². The van der Waals surface area contributed by atoms with Gasteiger partial charge >= 0.3 is 0 Å². The zero-order valence-electron chi connectivity index (χ0n) is 18.4. The zero-order chi connectivity index (χ0) is 20.9. The highest BCUT2D eigenvalue weighted by atomic mass is 28.4. The van der Waals surface area contributed by atoms with Gasteiger partial charge in [0.25, 0.3) is 8.32 Å². The van der Waals surface area contributed by atoms with Gasteiger partial charge in [-0.25, -0.2) is 0 Å². The number of rotatable bonds is 7. The maximum atomic E-state index is 9.16. The van der Waals surface area contributed by atoms with Gasteiger partial charge in [0.15, 0.2) is 0 Å². The minimum atomic E-state index is -2.51. The molecule has 3 rings (SSSR count). The van der Waals surface area contributed by atoms with Crippen molar-refractivity contribution in [1.82, 2.24) is 5.32 Å². The SMILES string of the molecule is C[C@@H]1N[C@H](CCCO)CC[C@H]1O[Si](c1ccccc1)(c1ccccc1)C(C)(C)C. The quantitative estimate of drug-likeness (QED) is 0.680. The number of hydrogen-bond acceptors (Lipinski definition) is 3. The lowest BCUT2D eigenvalue weighted by Crippen LogP contribution is -2.69. The first-order valence-electron chi connectivity index (χ1n) is 11.0. The van der Waals surface area contributed by atoms with Crippen LogP contribution < -0.4 is 15.7 Å². The molecule has 0 amide bonds. The van der Waals surface area contributed by atoms with Gasteiger partial charge in [-0.05, 0) is 48.0 Å². The monoisotopic (exact) mass is 411 g/mol. The van der Waals surface area contributed by atoms with Gasteiger partial charge in [-0.1, -0.05) is 81.4 Å². The fourth-order valence-corrected chi connectivity index (χ4v) is 9.61. The Morgan fingerprint density at radius 1 is 0.966 bits per heavy atom. The van der Waals surface area contributed by atoms with E-state index in [-0.39, 0.29) is 17.7 Å². The number of aliphatic hydroxyl groups is 1. The molecule has 0 aromatic heterocycles. The van der Waals surface area contributed by atoms with E-state index in [4.69, 9.17) is 9.53 Å². The molecule has 1 saturated heterocycles. The minimum Gasteiger partial charge on any atom is -0.403 e. The highest BCUT2D eigenvalue weighted by Gasteiger charge is 2.52. The van der Waals surface area contributed by atoms with E-state index in [1.807, 2.05) is 0 Å². The molecule has 0 aliphatic carbocycles. The van der Waals surface area contributed by atoms with E-state index in [1.54, 1.807) is 0 Å². The molecule has 1 heterocycles. The van der Waals surface area contributed by atoms with Crippen molar-refractivity contribution in [3.05, 3.63) is 60.7 Å². The Balaban J connectivity index is 1.97. The average molecular weight is 412 g/mol. The van der Waals surface area contributed by atoms with Gasteiger partial charge < -0.3 is 14.8 Å². The second kappa shape index (κ2) is 9.56. The molecule has 29 heavy (non-hydrogen) atoms. The van der Waals surface area contributed by atoms with Crippen LogP contribution in [0.25, 0.3) is 0 Å². The molecular formula is C25H37NO2Si. The molecule has 2 aromatic carbocycles. The van der Waals surface area contributed by atoms with E-state index >= 15 is 0 Å². The van der Waals surface area contributed by atoms with Gasteiger partial charge in [0, 0.05) is 18.7 Å². The Kier molecular flexibility index (Phi) is 7.33. The predicted octanol–water partition coefficient (Wildman–Crippen LogP) is 3.84. The van der Waals surface area contributed by atoms with Crippen molar-refractivity contribution in [1.29, 1.82) is 0 Å². The summed E-state index contributed by atoms with van der Waals surface area (Å²) in [6.45, 7) is 9.54. The topological polar surface area (TPSA) is 41.5 Å². The number of aliphatic hydroxyl groups excluding tert-OH is 1. The molecule has 1 fully saturated rings. The highest BCUT2D eigenvalue weighted by Crippen LogP contribution is 2.39. The molecular weight excluding hydrogens is 374 g/mol. The summed E-state index contributed by atoms with van der Waals surface area (Å²) in [6.07, 6.45) is 4.26. The Morgan fingerprint density at radius 3 is 1.97 bits per heavy atom. The van der Waals surface area contributed by atoms with Crippen molar-refractivity contribution in [3.63, 3.8) is 0 Å². The lowest BCUT2D eigenvalue weighted by Gasteiger charge is -2.48. The Hall–Kier alpha value is -1.46. The normalized spacial score (nSPS) is 23.1. The van der Waals surface area contributed by atoms with Crippen LogP contribution in [0.2, 0.25) is 5.04 Å². The van der Waals surface area contributed by atoms with E-state index in [2.05, 4.69) is 93.7 Å². The van der Waals surface area contributed by atoms with Gasteiger partial charge in [-0.3, -0.25) is 0 Å². The summed E-state index contributed by atoms with van der Waals surface area (Å²) in [6, 6.07) is 22.6. The molecule has 4 heteroatoms. The first-order valence-corrected chi connectivity index (χ1v) is 12.9. The van der Waals surface area contributed by atoms with Crippen LogP contribution in [0.3, 0.4) is 0 Å². The molecule has 3 atom stereocenters. The van der Waals surface area contributed by atoms with Gasteiger partial charge in [0.2, 0.25) is 0 Å². The zero-order valence-corrected chi connectivity index (χ0v) is 19.4. The van der Waals surface area contributed by atoms with Crippen molar-refractivity contribution in [2.45, 2.75) is 76.6 Å². The van der Waals surface area contributed by atoms with Gasteiger partial charge in [-0.15, -0.1) is 0 Å². The largest absolute Gasteiger partial charge is 0.403 e. The standard InChI is InChI=1S/C25H37NO2Si/c1-20-24(18-17-21(26-20)12-11-19-27)28-29(25(2,3)4,22-13-7-5-8-14-22)23-15-9-6-10-16-23/h5-10,13-16,20-21,24,26-27H,11-12,17-19H2,1-4H3/t20-,21+,24+/m0/s1. The first kappa shape index (κ1) is 22.2. The lowest BCUT2D eigenvalue weighted by molar-refractivity contribution is 0.0959. The Labute approximate surface area is 177 Å². The molecule has 0 unspecified atom stereocenters. The third-order valence-electron chi connectivity index (χ3n) is 6.31. The molecule has 3 nitrogen and oxygen atoms in total. The maximum Gasteiger partial charge on any atom is 0.261 e. The van der Waals surface area contributed by atoms with E-state index in [1.165, 1.54) is 10.4 Å². The van der Waals surface area contributed by atoms with Crippen molar-refractivity contribution < 1.29 is 9.53 Å². The summed E-state index contributed by atoms with van der Waals surface area (Å²) < 4.78 is 7.31. The third-order valence-corrected chi connectivity index (χ3v) is 11.4. The van der Waals surface area contributed by atoms with Crippen molar-refractivity contribution >= 4 is 18.7 Å². The number of nitrogens with one attached hydrogen (secondary N) is 1. The van der Waals surface area contributed by atoms with Crippen LogP contribution in [0.5, 0.6) is 0 Å².